The number of carbonyl (C=O) groups excluding carboxylic acids is 2. The number of thioether (sulfide) groups is 1. The van der Waals surface area contributed by atoms with E-state index in [0.29, 0.717) is 12.2 Å². The Labute approximate surface area is 139 Å². The van der Waals surface area contributed by atoms with Crippen LogP contribution in [-0.4, -0.2) is 50.2 Å². The monoisotopic (exact) mass is 357 g/mol. The maximum atomic E-state index is 11.6. The van der Waals surface area contributed by atoms with Crippen molar-refractivity contribution in [1.29, 1.82) is 0 Å². The summed E-state index contributed by atoms with van der Waals surface area (Å²) in [5.74, 6) is -0.279. The third kappa shape index (κ3) is 6.62. The molecule has 0 radical (unpaired) electrons. The van der Waals surface area contributed by atoms with Crippen LogP contribution in [0.5, 0.6) is 0 Å². The van der Waals surface area contributed by atoms with Crippen molar-refractivity contribution in [3.05, 3.63) is 30.3 Å². The Morgan fingerprint density at radius 3 is 2.65 bits per heavy atom. The summed E-state index contributed by atoms with van der Waals surface area (Å²) in [6.07, 6.45) is 0.625. The minimum atomic E-state index is -3.04. The van der Waals surface area contributed by atoms with Gasteiger partial charge in [-0.05, 0) is 18.6 Å². The van der Waals surface area contributed by atoms with Crippen LogP contribution in [0.15, 0.2) is 35.2 Å². The molecule has 0 saturated carbocycles. The predicted octanol–water partition coefficient (Wildman–Crippen LogP) is 1.02. The highest BCUT2D eigenvalue weighted by molar-refractivity contribution is 7.99. The van der Waals surface area contributed by atoms with E-state index in [1.54, 1.807) is 11.8 Å². The predicted molar refractivity (Wildman–Crippen MR) is 87.9 cm³/mol. The van der Waals surface area contributed by atoms with Gasteiger partial charge in [0.05, 0.1) is 17.9 Å². The molecule has 8 heteroatoms. The van der Waals surface area contributed by atoms with E-state index in [1.807, 2.05) is 30.3 Å². The molecule has 23 heavy (non-hydrogen) atoms. The van der Waals surface area contributed by atoms with E-state index in [1.165, 1.54) is 0 Å². The summed E-state index contributed by atoms with van der Waals surface area (Å²) in [5, 5.41) is 2.57. The molecule has 1 saturated heterocycles. The number of rotatable bonds is 7. The van der Waals surface area contributed by atoms with Gasteiger partial charge in [0.2, 0.25) is 0 Å². The number of carbonyl (C=O) groups is 2. The number of benzene rings is 1. The molecule has 0 unspecified atom stereocenters. The molecule has 1 amide bonds. The molecule has 1 fully saturated rings. The second kappa shape index (κ2) is 8.35. The van der Waals surface area contributed by atoms with E-state index >= 15 is 0 Å². The molecular weight excluding hydrogens is 338 g/mol. The zero-order chi connectivity index (χ0) is 16.7. The van der Waals surface area contributed by atoms with Crippen LogP contribution in [0.25, 0.3) is 0 Å². The first-order chi connectivity index (χ1) is 10.9. The highest BCUT2D eigenvalue weighted by Crippen LogP contribution is 2.17. The Morgan fingerprint density at radius 1 is 1.26 bits per heavy atom. The van der Waals surface area contributed by atoms with Crippen LogP contribution in [0.4, 0.5) is 0 Å². The number of amides is 1. The molecule has 6 nitrogen and oxygen atoms in total. The van der Waals surface area contributed by atoms with Gasteiger partial charge in [0.1, 0.15) is 0 Å². The Hall–Kier alpha value is -1.54. The van der Waals surface area contributed by atoms with Crippen molar-refractivity contribution in [3.63, 3.8) is 0 Å². The lowest BCUT2D eigenvalue weighted by atomic mass is 10.2. The van der Waals surface area contributed by atoms with Crippen molar-refractivity contribution in [2.45, 2.75) is 23.8 Å². The largest absolute Gasteiger partial charge is 0.456 e. The van der Waals surface area contributed by atoms with Crippen LogP contribution in [0.3, 0.4) is 0 Å². The number of hydrogen-bond acceptors (Lipinski definition) is 6. The first-order valence-corrected chi connectivity index (χ1v) is 10.1. The van der Waals surface area contributed by atoms with Gasteiger partial charge in [0, 0.05) is 16.7 Å². The summed E-state index contributed by atoms with van der Waals surface area (Å²) < 4.78 is 27.5. The molecule has 0 spiro atoms. The summed E-state index contributed by atoms with van der Waals surface area (Å²) in [4.78, 5) is 24.3. The molecule has 1 N–H and O–H groups in total. The lowest BCUT2D eigenvalue weighted by Gasteiger charge is -2.11. The zero-order valence-electron chi connectivity index (χ0n) is 12.6. The summed E-state index contributed by atoms with van der Waals surface area (Å²) in [7, 11) is -3.04. The fraction of sp³-hybridized carbons (Fsp3) is 0.467. The summed E-state index contributed by atoms with van der Waals surface area (Å²) in [6, 6.07) is 9.31. The van der Waals surface area contributed by atoms with E-state index in [-0.39, 0.29) is 30.6 Å². The highest BCUT2D eigenvalue weighted by atomic mass is 32.2. The van der Waals surface area contributed by atoms with Crippen molar-refractivity contribution in [2.75, 3.05) is 23.9 Å². The van der Waals surface area contributed by atoms with Gasteiger partial charge in [-0.25, -0.2) is 8.42 Å². The molecule has 1 heterocycles. The number of nitrogens with one attached hydrogen (secondary N) is 1. The smallest absolute Gasteiger partial charge is 0.307 e. The minimum absolute atomic E-state index is 0.0413. The highest BCUT2D eigenvalue weighted by Gasteiger charge is 2.28. The number of esters is 1. The minimum Gasteiger partial charge on any atom is -0.456 e. The molecule has 1 aliphatic heterocycles. The Balaban J connectivity index is 1.59. The zero-order valence-corrected chi connectivity index (χ0v) is 14.2. The summed E-state index contributed by atoms with van der Waals surface area (Å²) in [6.45, 7) is -0.370. The first kappa shape index (κ1) is 17.8. The van der Waals surface area contributed by atoms with Crippen LogP contribution >= 0.6 is 11.8 Å². The van der Waals surface area contributed by atoms with E-state index in [4.69, 9.17) is 4.74 Å². The Bertz CT molecular complexity index is 645. The van der Waals surface area contributed by atoms with E-state index in [2.05, 4.69) is 5.32 Å². The Kier molecular flexibility index (Phi) is 6.47. The Morgan fingerprint density at radius 2 is 2.00 bits per heavy atom. The van der Waals surface area contributed by atoms with Gasteiger partial charge in [-0.15, -0.1) is 11.8 Å². The van der Waals surface area contributed by atoms with E-state index < -0.39 is 21.7 Å². The second-order valence-corrected chi connectivity index (χ2v) is 8.64. The van der Waals surface area contributed by atoms with Gasteiger partial charge in [0.25, 0.3) is 5.91 Å². The first-order valence-electron chi connectivity index (χ1n) is 7.28. The van der Waals surface area contributed by atoms with E-state index in [9.17, 15) is 18.0 Å². The van der Waals surface area contributed by atoms with Crippen LogP contribution in [0.2, 0.25) is 0 Å². The maximum absolute atomic E-state index is 11.6. The van der Waals surface area contributed by atoms with Crippen molar-refractivity contribution < 1.29 is 22.7 Å². The van der Waals surface area contributed by atoms with Gasteiger partial charge < -0.3 is 10.1 Å². The standard InChI is InChI=1S/C15H19NO5S2/c17-14(16-12-7-9-23(19,20)11-12)10-21-15(18)6-8-22-13-4-2-1-3-5-13/h1-5,12H,6-11H2,(H,16,17)/t12-/m0/s1. The molecule has 1 aromatic carbocycles. The topological polar surface area (TPSA) is 89.5 Å². The van der Waals surface area contributed by atoms with Gasteiger partial charge in [-0.2, -0.15) is 0 Å². The average Bonchev–Trinajstić information content (AvgIpc) is 2.85. The molecule has 0 aliphatic carbocycles. The fourth-order valence-corrected chi connectivity index (χ4v) is 4.69. The molecular formula is C15H19NO5S2. The molecule has 2 rings (SSSR count). The van der Waals surface area contributed by atoms with Crippen LogP contribution in [0, 0.1) is 0 Å². The summed E-state index contributed by atoms with van der Waals surface area (Å²) >= 11 is 1.54. The molecule has 0 bridgehead atoms. The normalized spacial score (nSPS) is 19.2. The lowest BCUT2D eigenvalue weighted by molar-refractivity contribution is -0.148. The van der Waals surface area contributed by atoms with Gasteiger partial charge in [0.15, 0.2) is 16.4 Å². The lowest BCUT2D eigenvalue weighted by Crippen LogP contribution is -2.38. The molecule has 126 valence electrons. The van der Waals surface area contributed by atoms with Crippen LogP contribution in [0.1, 0.15) is 12.8 Å². The van der Waals surface area contributed by atoms with Crippen molar-refractivity contribution >= 4 is 33.5 Å². The van der Waals surface area contributed by atoms with Gasteiger partial charge in [-0.1, -0.05) is 18.2 Å². The summed E-state index contributed by atoms with van der Waals surface area (Å²) in [5.41, 5.74) is 0. The molecule has 1 aromatic rings. The second-order valence-electron chi connectivity index (χ2n) is 5.24. The van der Waals surface area contributed by atoms with Crippen LogP contribution in [-0.2, 0) is 24.2 Å². The quantitative estimate of drug-likeness (QED) is 0.579. The molecule has 1 atom stereocenters. The average molecular weight is 357 g/mol. The van der Waals surface area contributed by atoms with Crippen molar-refractivity contribution in [1.82, 2.24) is 5.32 Å². The number of sulfone groups is 1. The fourth-order valence-electron chi connectivity index (χ4n) is 2.17. The molecule has 1 aliphatic rings. The van der Waals surface area contributed by atoms with Crippen molar-refractivity contribution in [2.24, 2.45) is 0 Å². The van der Waals surface area contributed by atoms with E-state index in [0.717, 1.165) is 4.90 Å². The van der Waals surface area contributed by atoms with Crippen LogP contribution < -0.4 is 5.32 Å². The van der Waals surface area contributed by atoms with Gasteiger partial charge >= 0.3 is 5.97 Å². The number of ether oxygens (including phenoxy) is 1. The number of hydrogen-bond donors (Lipinski definition) is 1. The van der Waals surface area contributed by atoms with Gasteiger partial charge in [-0.3, -0.25) is 9.59 Å². The molecule has 0 aromatic heterocycles. The van der Waals surface area contributed by atoms with Crippen molar-refractivity contribution in [3.8, 4) is 0 Å². The third-order valence-electron chi connectivity index (χ3n) is 3.28. The SMILES string of the molecule is O=C(COC(=O)CCSc1ccccc1)N[C@H]1CCS(=O)(=O)C1. The maximum Gasteiger partial charge on any atom is 0.307 e. The third-order valence-corrected chi connectivity index (χ3v) is 6.06.